The van der Waals surface area contributed by atoms with Gasteiger partial charge in [0.15, 0.2) is 0 Å². The molecule has 0 saturated carbocycles. The van der Waals surface area contributed by atoms with E-state index in [4.69, 9.17) is 9.47 Å². The fourth-order valence-electron chi connectivity index (χ4n) is 5.13. The number of methoxy groups -OCH3 is 2. The summed E-state index contributed by atoms with van der Waals surface area (Å²) >= 11 is 0. The van der Waals surface area contributed by atoms with E-state index >= 15 is 0 Å². The Balaban J connectivity index is 1.49. The van der Waals surface area contributed by atoms with Gasteiger partial charge in [-0.3, -0.25) is 9.59 Å². The first-order valence-corrected chi connectivity index (χ1v) is 13.1. The number of ether oxygens (including phenoxy) is 2. The topological polar surface area (TPSA) is 95.6 Å². The quantitative estimate of drug-likeness (QED) is 0.180. The Bertz CT molecular complexity index is 1870. The molecule has 0 N–H and O–H groups in total. The molecule has 0 unspecified atom stereocenters. The van der Waals surface area contributed by atoms with E-state index in [1.807, 2.05) is 24.3 Å². The molecule has 206 valence electrons. The van der Waals surface area contributed by atoms with Gasteiger partial charge < -0.3 is 18.3 Å². The fraction of sp³-hybridized carbons (Fsp3) is 0.0588. The van der Waals surface area contributed by atoms with E-state index in [2.05, 4.69) is 0 Å². The van der Waals surface area contributed by atoms with Gasteiger partial charge in [0.2, 0.25) is 11.6 Å². The summed E-state index contributed by atoms with van der Waals surface area (Å²) in [5.74, 6) is -1.62. The number of pyridine rings is 2. The molecule has 0 fully saturated rings. The van der Waals surface area contributed by atoms with Crippen molar-refractivity contribution in [2.24, 2.45) is 0 Å². The summed E-state index contributed by atoms with van der Waals surface area (Å²) in [4.78, 5) is 52.1. The van der Waals surface area contributed by atoms with Gasteiger partial charge in [-0.1, -0.05) is 60.7 Å². The molecule has 6 rings (SSSR count). The zero-order valence-electron chi connectivity index (χ0n) is 22.7. The molecule has 0 spiro atoms. The van der Waals surface area contributed by atoms with Crippen molar-refractivity contribution in [2.45, 2.75) is 0 Å². The van der Waals surface area contributed by atoms with Crippen LogP contribution in [0.1, 0.15) is 52.8 Å². The summed E-state index contributed by atoms with van der Waals surface area (Å²) in [6, 6.07) is 27.9. The average molecular weight is 557 g/mol. The van der Waals surface area contributed by atoms with Gasteiger partial charge in [0.1, 0.15) is 0 Å². The molecule has 0 aliphatic heterocycles. The van der Waals surface area contributed by atoms with E-state index < -0.39 is 11.9 Å². The molecule has 0 radical (unpaired) electrons. The number of nitrogens with zero attached hydrogens (tertiary/aromatic N) is 2. The van der Waals surface area contributed by atoms with Crippen LogP contribution in [0.25, 0.3) is 22.2 Å². The highest BCUT2D eigenvalue weighted by Gasteiger charge is 2.23. The van der Waals surface area contributed by atoms with E-state index in [0.29, 0.717) is 33.5 Å². The van der Waals surface area contributed by atoms with Gasteiger partial charge in [-0.25, -0.2) is 9.59 Å². The van der Waals surface area contributed by atoms with Crippen molar-refractivity contribution < 1.29 is 28.7 Å². The van der Waals surface area contributed by atoms with Crippen LogP contribution >= 0.6 is 0 Å². The molecule has 0 aliphatic rings. The molecule has 0 saturated heterocycles. The van der Waals surface area contributed by atoms with Crippen molar-refractivity contribution >= 4 is 34.5 Å². The van der Waals surface area contributed by atoms with Crippen LogP contribution in [0, 0.1) is 0 Å². The first-order valence-electron chi connectivity index (χ1n) is 13.1. The number of rotatable bonds is 7. The van der Waals surface area contributed by atoms with Gasteiger partial charge in [-0.05, 0) is 47.5 Å². The summed E-state index contributed by atoms with van der Waals surface area (Å²) in [6.07, 6.45) is 3.45. The number of carbonyl (C=O) groups is 4. The second-order valence-corrected chi connectivity index (χ2v) is 9.60. The second kappa shape index (κ2) is 10.7. The molecular weight excluding hydrogens is 532 g/mol. The number of hydrogen-bond acceptors (Lipinski definition) is 6. The Labute approximate surface area is 240 Å². The lowest BCUT2D eigenvalue weighted by Crippen LogP contribution is -2.05. The summed E-state index contributed by atoms with van der Waals surface area (Å²) in [5.41, 5.74) is 4.54. The molecule has 6 aromatic rings. The number of ketones is 2. The van der Waals surface area contributed by atoms with Crippen LogP contribution in [-0.2, 0) is 9.47 Å². The Hall–Kier alpha value is -5.76. The van der Waals surface area contributed by atoms with E-state index in [1.54, 1.807) is 81.9 Å². The van der Waals surface area contributed by atoms with Crippen LogP contribution in [0.2, 0.25) is 0 Å². The molecule has 0 atom stereocenters. The van der Waals surface area contributed by atoms with E-state index in [-0.39, 0.29) is 22.7 Å². The summed E-state index contributed by atoms with van der Waals surface area (Å²) in [6.45, 7) is 0. The van der Waals surface area contributed by atoms with Crippen LogP contribution in [0.4, 0.5) is 0 Å². The minimum absolute atomic E-state index is 0.235. The van der Waals surface area contributed by atoms with Crippen LogP contribution in [0.3, 0.4) is 0 Å². The standard InChI is InChI=1S/C34H24N2O6/c1-41-33(39)25-19-29(31(37)21-9-5-3-6-10-21)35-15-13-23(17-27(25)35)24-14-16-36-28(18-24)26(34(40)42-2)20-30(36)32(38)22-11-7-4-8-12-22/h3-20H,1-2H3. The molecule has 2 aromatic carbocycles. The molecule has 8 heteroatoms. The largest absolute Gasteiger partial charge is 0.465 e. The van der Waals surface area contributed by atoms with Crippen molar-refractivity contribution in [1.82, 2.24) is 8.80 Å². The second-order valence-electron chi connectivity index (χ2n) is 9.60. The zero-order chi connectivity index (χ0) is 29.4. The normalized spacial score (nSPS) is 11.0. The molecule has 0 amide bonds. The van der Waals surface area contributed by atoms with Gasteiger partial charge in [-0.15, -0.1) is 0 Å². The molecule has 4 aromatic heterocycles. The maximum atomic E-state index is 13.3. The maximum Gasteiger partial charge on any atom is 0.340 e. The summed E-state index contributed by atoms with van der Waals surface area (Å²) in [5, 5.41) is 0. The predicted octanol–water partition coefficient (Wildman–Crippen LogP) is 5.89. The van der Waals surface area contributed by atoms with E-state index in [1.165, 1.54) is 26.4 Å². The molecular formula is C34H24N2O6. The lowest BCUT2D eigenvalue weighted by atomic mass is 10.1. The fourth-order valence-corrected chi connectivity index (χ4v) is 5.13. The van der Waals surface area contributed by atoms with Crippen molar-refractivity contribution in [3.8, 4) is 11.1 Å². The highest BCUT2D eigenvalue weighted by atomic mass is 16.5. The highest BCUT2D eigenvalue weighted by Crippen LogP contribution is 2.30. The van der Waals surface area contributed by atoms with Crippen molar-refractivity contribution in [1.29, 1.82) is 0 Å². The zero-order valence-corrected chi connectivity index (χ0v) is 22.7. The smallest absolute Gasteiger partial charge is 0.340 e. The molecule has 0 aliphatic carbocycles. The SMILES string of the molecule is COC(=O)c1cc(C(=O)c2ccccc2)n2ccc(-c3ccn4c(C(=O)c5ccccc5)cc(C(=O)OC)c4c3)cc12. The van der Waals surface area contributed by atoms with Gasteiger partial charge in [0.05, 0.1) is 47.8 Å². The number of fused-ring (bicyclic) bond motifs is 2. The minimum Gasteiger partial charge on any atom is -0.465 e. The van der Waals surface area contributed by atoms with E-state index in [9.17, 15) is 19.2 Å². The minimum atomic E-state index is -0.573. The van der Waals surface area contributed by atoms with Crippen molar-refractivity contribution in [2.75, 3.05) is 14.2 Å². The van der Waals surface area contributed by atoms with Crippen LogP contribution in [0.5, 0.6) is 0 Å². The number of carbonyl (C=O) groups excluding carboxylic acids is 4. The first kappa shape index (κ1) is 26.5. The number of esters is 2. The van der Waals surface area contributed by atoms with Gasteiger partial charge in [-0.2, -0.15) is 0 Å². The molecule has 0 bridgehead atoms. The Morgan fingerprint density at radius 2 is 0.905 bits per heavy atom. The third-order valence-corrected chi connectivity index (χ3v) is 7.22. The summed E-state index contributed by atoms with van der Waals surface area (Å²) in [7, 11) is 2.58. The molecule has 4 heterocycles. The molecule has 42 heavy (non-hydrogen) atoms. The van der Waals surface area contributed by atoms with E-state index in [0.717, 1.165) is 11.1 Å². The van der Waals surface area contributed by atoms with Gasteiger partial charge >= 0.3 is 11.9 Å². The average Bonchev–Trinajstić information content (AvgIpc) is 3.62. The maximum absolute atomic E-state index is 13.3. The van der Waals surface area contributed by atoms with Crippen LogP contribution in [0.15, 0.2) is 109 Å². The number of aromatic nitrogens is 2. The first-order chi connectivity index (χ1) is 20.4. The van der Waals surface area contributed by atoms with Crippen LogP contribution < -0.4 is 0 Å². The van der Waals surface area contributed by atoms with Gasteiger partial charge in [0.25, 0.3) is 0 Å². The lowest BCUT2D eigenvalue weighted by molar-refractivity contribution is 0.0594. The summed E-state index contributed by atoms with van der Waals surface area (Å²) < 4.78 is 13.4. The third-order valence-electron chi connectivity index (χ3n) is 7.22. The monoisotopic (exact) mass is 556 g/mol. The number of benzene rings is 2. The highest BCUT2D eigenvalue weighted by molar-refractivity contribution is 6.12. The van der Waals surface area contributed by atoms with Crippen molar-refractivity contribution in [3.05, 3.63) is 143 Å². The van der Waals surface area contributed by atoms with Crippen molar-refractivity contribution in [3.63, 3.8) is 0 Å². The Kier molecular flexibility index (Phi) is 6.72. The molecule has 8 nitrogen and oxygen atoms in total. The Morgan fingerprint density at radius 1 is 0.524 bits per heavy atom. The Morgan fingerprint density at radius 3 is 1.26 bits per heavy atom. The predicted molar refractivity (Wildman–Crippen MR) is 156 cm³/mol. The lowest BCUT2D eigenvalue weighted by Gasteiger charge is -2.09. The third kappa shape index (κ3) is 4.45. The van der Waals surface area contributed by atoms with Crippen LogP contribution in [-0.4, -0.2) is 46.5 Å². The van der Waals surface area contributed by atoms with Gasteiger partial charge in [0, 0.05) is 23.5 Å². The number of hydrogen-bond donors (Lipinski definition) is 0.